The van der Waals surface area contributed by atoms with E-state index in [2.05, 4.69) is 17.3 Å². The minimum Gasteiger partial charge on any atom is -0.393 e. The van der Waals surface area contributed by atoms with Crippen LogP contribution >= 0.6 is 0 Å². The van der Waals surface area contributed by atoms with Gasteiger partial charge in [0.2, 0.25) is 0 Å². The molecule has 0 spiro atoms. The highest BCUT2D eigenvalue weighted by Gasteiger charge is 2.08. The zero-order chi connectivity index (χ0) is 10.6. The van der Waals surface area contributed by atoms with Crippen molar-refractivity contribution < 1.29 is 5.11 Å². The van der Waals surface area contributed by atoms with Crippen LogP contribution in [0.15, 0.2) is 12.3 Å². The maximum atomic E-state index is 9.09. The van der Waals surface area contributed by atoms with Gasteiger partial charge in [0, 0.05) is 19.3 Å². The second kappa shape index (κ2) is 5.12. The standard InChI is InChI=1S/C10H19N3O/c1-8(14)4-6-11-9(2)10-5-7-12-13(10)3/h5,7-9,11,14H,4,6H2,1-3H3. The van der Waals surface area contributed by atoms with Crippen molar-refractivity contribution in [2.24, 2.45) is 7.05 Å². The summed E-state index contributed by atoms with van der Waals surface area (Å²) in [4.78, 5) is 0. The predicted octanol–water partition coefficient (Wildman–Crippen LogP) is 0.842. The Labute approximate surface area is 84.9 Å². The first kappa shape index (κ1) is 11.2. The van der Waals surface area contributed by atoms with E-state index in [0.29, 0.717) is 0 Å². The van der Waals surface area contributed by atoms with Crippen molar-refractivity contribution in [3.05, 3.63) is 18.0 Å². The fourth-order valence-corrected chi connectivity index (χ4v) is 1.42. The van der Waals surface area contributed by atoms with Crippen LogP contribution in [-0.2, 0) is 7.05 Å². The molecule has 0 aliphatic rings. The lowest BCUT2D eigenvalue weighted by Crippen LogP contribution is -2.24. The maximum Gasteiger partial charge on any atom is 0.0547 e. The third-order valence-electron chi connectivity index (χ3n) is 2.32. The number of nitrogens with one attached hydrogen (secondary N) is 1. The molecule has 1 aromatic rings. The van der Waals surface area contributed by atoms with Gasteiger partial charge in [-0.2, -0.15) is 5.10 Å². The van der Waals surface area contributed by atoms with Gasteiger partial charge in [-0.25, -0.2) is 0 Å². The zero-order valence-electron chi connectivity index (χ0n) is 9.07. The SMILES string of the molecule is CC(O)CCNC(C)c1ccnn1C. The molecule has 2 unspecified atom stereocenters. The van der Waals surface area contributed by atoms with Gasteiger partial charge >= 0.3 is 0 Å². The molecule has 2 N–H and O–H groups in total. The molecule has 0 fully saturated rings. The van der Waals surface area contributed by atoms with E-state index in [1.165, 1.54) is 0 Å². The summed E-state index contributed by atoms with van der Waals surface area (Å²) in [5, 5.41) is 16.5. The molecule has 4 nitrogen and oxygen atoms in total. The van der Waals surface area contributed by atoms with Gasteiger partial charge in [0.05, 0.1) is 11.8 Å². The van der Waals surface area contributed by atoms with Crippen LogP contribution in [-0.4, -0.2) is 27.5 Å². The maximum absolute atomic E-state index is 9.09. The topological polar surface area (TPSA) is 50.1 Å². The predicted molar refractivity (Wildman–Crippen MR) is 55.9 cm³/mol. The van der Waals surface area contributed by atoms with E-state index < -0.39 is 0 Å². The van der Waals surface area contributed by atoms with Gasteiger partial charge in [-0.05, 0) is 32.9 Å². The third kappa shape index (κ3) is 3.12. The molecule has 1 rings (SSSR count). The van der Waals surface area contributed by atoms with Crippen LogP contribution in [0.5, 0.6) is 0 Å². The average molecular weight is 197 g/mol. The van der Waals surface area contributed by atoms with Gasteiger partial charge < -0.3 is 10.4 Å². The number of aliphatic hydroxyl groups is 1. The van der Waals surface area contributed by atoms with Crippen LogP contribution in [0.3, 0.4) is 0 Å². The number of aryl methyl sites for hydroxylation is 1. The van der Waals surface area contributed by atoms with Crippen molar-refractivity contribution in [1.29, 1.82) is 0 Å². The van der Waals surface area contributed by atoms with Gasteiger partial charge in [-0.3, -0.25) is 4.68 Å². The molecule has 80 valence electrons. The summed E-state index contributed by atoms with van der Waals surface area (Å²) >= 11 is 0. The molecule has 0 amide bonds. The summed E-state index contributed by atoms with van der Waals surface area (Å²) in [5.74, 6) is 0. The average Bonchev–Trinajstić information content (AvgIpc) is 2.50. The van der Waals surface area contributed by atoms with E-state index in [1.807, 2.05) is 17.8 Å². The number of rotatable bonds is 5. The summed E-state index contributed by atoms with van der Waals surface area (Å²) in [7, 11) is 1.93. The highest BCUT2D eigenvalue weighted by molar-refractivity contribution is 5.04. The quantitative estimate of drug-likeness (QED) is 0.735. The van der Waals surface area contributed by atoms with Crippen molar-refractivity contribution >= 4 is 0 Å². The normalized spacial score (nSPS) is 15.4. The lowest BCUT2D eigenvalue weighted by Gasteiger charge is -2.14. The molecule has 0 aliphatic carbocycles. The fourth-order valence-electron chi connectivity index (χ4n) is 1.42. The van der Waals surface area contributed by atoms with E-state index in [1.54, 1.807) is 13.1 Å². The van der Waals surface area contributed by atoms with Crippen LogP contribution in [0.25, 0.3) is 0 Å². The number of hydrogen-bond acceptors (Lipinski definition) is 3. The van der Waals surface area contributed by atoms with E-state index in [0.717, 1.165) is 18.7 Å². The molecule has 14 heavy (non-hydrogen) atoms. The van der Waals surface area contributed by atoms with Gasteiger partial charge in [-0.1, -0.05) is 0 Å². The summed E-state index contributed by atoms with van der Waals surface area (Å²) in [6.45, 7) is 4.72. The number of aliphatic hydroxyl groups excluding tert-OH is 1. The van der Waals surface area contributed by atoms with Crippen LogP contribution in [0, 0.1) is 0 Å². The van der Waals surface area contributed by atoms with Crippen molar-refractivity contribution in [1.82, 2.24) is 15.1 Å². The summed E-state index contributed by atoms with van der Waals surface area (Å²) in [6, 6.07) is 2.28. The fraction of sp³-hybridized carbons (Fsp3) is 0.700. The zero-order valence-corrected chi connectivity index (χ0v) is 9.07. The molecule has 1 heterocycles. The van der Waals surface area contributed by atoms with Gasteiger partial charge in [-0.15, -0.1) is 0 Å². The molecule has 1 aromatic heterocycles. The first-order valence-electron chi connectivity index (χ1n) is 5.00. The van der Waals surface area contributed by atoms with E-state index in [4.69, 9.17) is 5.11 Å². The molecule has 0 radical (unpaired) electrons. The Bertz CT molecular complexity index is 270. The van der Waals surface area contributed by atoms with E-state index >= 15 is 0 Å². The Morgan fingerprint density at radius 3 is 2.79 bits per heavy atom. The Balaban J connectivity index is 2.36. The van der Waals surface area contributed by atoms with Crippen LogP contribution in [0.2, 0.25) is 0 Å². The van der Waals surface area contributed by atoms with Crippen molar-refractivity contribution in [3.8, 4) is 0 Å². The van der Waals surface area contributed by atoms with Crippen LogP contribution < -0.4 is 5.32 Å². The highest BCUT2D eigenvalue weighted by atomic mass is 16.3. The summed E-state index contributed by atoms with van der Waals surface area (Å²) in [5.41, 5.74) is 1.16. The van der Waals surface area contributed by atoms with Gasteiger partial charge in [0.15, 0.2) is 0 Å². The molecular weight excluding hydrogens is 178 g/mol. The molecule has 0 aromatic carbocycles. The Morgan fingerprint density at radius 1 is 1.57 bits per heavy atom. The van der Waals surface area contributed by atoms with E-state index in [-0.39, 0.29) is 12.1 Å². The smallest absolute Gasteiger partial charge is 0.0547 e. The first-order valence-corrected chi connectivity index (χ1v) is 5.00. The third-order valence-corrected chi connectivity index (χ3v) is 2.32. The van der Waals surface area contributed by atoms with Crippen molar-refractivity contribution in [2.45, 2.75) is 32.4 Å². The molecule has 4 heteroatoms. The van der Waals surface area contributed by atoms with Crippen LogP contribution in [0.4, 0.5) is 0 Å². The molecule has 0 aliphatic heterocycles. The minimum atomic E-state index is -0.235. The number of nitrogens with zero attached hydrogens (tertiary/aromatic N) is 2. The highest BCUT2D eigenvalue weighted by Crippen LogP contribution is 2.09. The molecule has 2 atom stereocenters. The van der Waals surface area contributed by atoms with Gasteiger partial charge in [0.25, 0.3) is 0 Å². The molecule has 0 saturated heterocycles. The monoisotopic (exact) mass is 197 g/mol. The first-order chi connectivity index (χ1) is 6.61. The van der Waals surface area contributed by atoms with Crippen molar-refractivity contribution in [2.75, 3.05) is 6.54 Å². The van der Waals surface area contributed by atoms with Crippen LogP contribution in [0.1, 0.15) is 32.0 Å². The second-order valence-corrected chi connectivity index (χ2v) is 3.69. The lowest BCUT2D eigenvalue weighted by atomic mass is 10.2. The number of hydrogen-bond donors (Lipinski definition) is 2. The van der Waals surface area contributed by atoms with E-state index in [9.17, 15) is 0 Å². The Morgan fingerprint density at radius 2 is 2.29 bits per heavy atom. The largest absolute Gasteiger partial charge is 0.393 e. The molecule has 0 saturated carbocycles. The Hall–Kier alpha value is -0.870. The number of aromatic nitrogens is 2. The second-order valence-electron chi connectivity index (χ2n) is 3.69. The minimum absolute atomic E-state index is 0.235. The summed E-state index contributed by atoms with van der Waals surface area (Å²) < 4.78 is 1.86. The Kier molecular flexibility index (Phi) is 4.10. The van der Waals surface area contributed by atoms with Gasteiger partial charge in [0.1, 0.15) is 0 Å². The molecule has 0 bridgehead atoms. The molecular formula is C10H19N3O. The van der Waals surface area contributed by atoms with Crippen molar-refractivity contribution in [3.63, 3.8) is 0 Å². The summed E-state index contributed by atoms with van der Waals surface area (Å²) in [6.07, 6.45) is 2.34. The lowest BCUT2D eigenvalue weighted by molar-refractivity contribution is 0.182.